The van der Waals surface area contributed by atoms with Crippen LogP contribution >= 0.6 is 0 Å². The largest absolute Gasteiger partial charge is 0.385 e. The molecule has 0 bridgehead atoms. The molecule has 1 aromatic carbocycles. The molecule has 90 valence electrons. The minimum Gasteiger partial charge on any atom is -0.385 e. The molecular weight excluding hydrogens is 212 g/mol. The molecule has 1 aromatic heterocycles. The van der Waals surface area contributed by atoms with Gasteiger partial charge in [0.2, 0.25) is 0 Å². The molecule has 0 aliphatic carbocycles. The number of nitrogens with one attached hydrogen (secondary N) is 3. The molecule has 2 aromatic rings. The van der Waals surface area contributed by atoms with Crippen LogP contribution in [-0.2, 0) is 0 Å². The lowest BCUT2D eigenvalue weighted by Gasteiger charge is -2.23. The highest BCUT2D eigenvalue weighted by atomic mass is 14.9. The molecule has 1 fully saturated rings. The second kappa shape index (κ2) is 4.75. The van der Waals surface area contributed by atoms with Crippen molar-refractivity contribution < 1.29 is 0 Å². The van der Waals surface area contributed by atoms with Crippen molar-refractivity contribution in [3.05, 3.63) is 24.5 Å². The van der Waals surface area contributed by atoms with E-state index in [1.54, 1.807) is 6.33 Å². The van der Waals surface area contributed by atoms with Crippen LogP contribution in [0, 0.1) is 5.92 Å². The summed E-state index contributed by atoms with van der Waals surface area (Å²) in [6.45, 7) is 3.39. The Morgan fingerprint density at radius 2 is 2.18 bits per heavy atom. The molecular formula is C13H18N4. The van der Waals surface area contributed by atoms with Gasteiger partial charge in [-0.15, -0.1) is 0 Å². The maximum Gasteiger partial charge on any atom is 0.0931 e. The van der Waals surface area contributed by atoms with E-state index in [1.165, 1.54) is 18.5 Å². The predicted molar refractivity (Wildman–Crippen MR) is 70.2 cm³/mol. The van der Waals surface area contributed by atoms with Crippen LogP contribution < -0.4 is 10.6 Å². The van der Waals surface area contributed by atoms with Gasteiger partial charge in [-0.2, -0.15) is 0 Å². The molecule has 0 spiro atoms. The molecule has 0 unspecified atom stereocenters. The van der Waals surface area contributed by atoms with Gasteiger partial charge in [0.25, 0.3) is 0 Å². The lowest BCUT2D eigenvalue weighted by atomic mass is 9.98. The highest BCUT2D eigenvalue weighted by molar-refractivity contribution is 5.78. The third-order valence-corrected chi connectivity index (χ3v) is 3.47. The molecule has 4 nitrogen and oxygen atoms in total. The lowest BCUT2D eigenvalue weighted by molar-refractivity contribution is 0.390. The fourth-order valence-corrected chi connectivity index (χ4v) is 2.39. The Morgan fingerprint density at radius 3 is 3.06 bits per heavy atom. The summed E-state index contributed by atoms with van der Waals surface area (Å²) in [6, 6.07) is 6.28. The fourth-order valence-electron chi connectivity index (χ4n) is 2.39. The number of aromatic amines is 1. The van der Waals surface area contributed by atoms with Gasteiger partial charge in [-0.3, -0.25) is 0 Å². The van der Waals surface area contributed by atoms with Crippen molar-refractivity contribution in [2.24, 2.45) is 5.92 Å². The van der Waals surface area contributed by atoms with Crippen molar-refractivity contribution in [1.82, 2.24) is 15.3 Å². The number of rotatable bonds is 3. The quantitative estimate of drug-likeness (QED) is 0.755. The summed E-state index contributed by atoms with van der Waals surface area (Å²) in [5, 5.41) is 6.91. The number of anilines is 1. The second-order valence-corrected chi connectivity index (χ2v) is 4.71. The molecule has 1 aliphatic rings. The Balaban J connectivity index is 1.63. The molecule has 2 heterocycles. The van der Waals surface area contributed by atoms with Crippen LogP contribution in [0.4, 0.5) is 5.69 Å². The number of fused-ring (bicyclic) bond motifs is 1. The van der Waals surface area contributed by atoms with Gasteiger partial charge in [0, 0.05) is 12.2 Å². The van der Waals surface area contributed by atoms with E-state index in [4.69, 9.17) is 0 Å². The summed E-state index contributed by atoms with van der Waals surface area (Å²) >= 11 is 0. The lowest BCUT2D eigenvalue weighted by Crippen LogP contribution is -2.31. The normalized spacial score (nSPS) is 17.4. The number of piperidine rings is 1. The van der Waals surface area contributed by atoms with E-state index in [9.17, 15) is 0 Å². The van der Waals surface area contributed by atoms with E-state index in [-0.39, 0.29) is 0 Å². The molecule has 3 rings (SSSR count). The number of hydrogen-bond acceptors (Lipinski definition) is 3. The summed E-state index contributed by atoms with van der Waals surface area (Å²) in [5.41, 5.74) is 3.30. The minimum atomic E-state index is 0.800. The van der Waals surface area contributed by atoms with Crippen molar-refractivity contribution in [2.75, 3.05) is 25.0 Å². The first-order valence-corrected chi connectivity index (χ1v) is 6.29. The zero-order valence-electron chi connectivity index (χ0n) is 9.87. The van der Waals surface area contributed by atoms with E-state index in [1.807, 2.05) is 0 Å². The average molecular weight is 230 g/mol. The predicted octanol–water partition coefficient (Wildman–Crippen LogP) is 1.97. The van der Waals surface area contributed by atoms with E-state index in [0.29, 0.717) is 0 Å². The molecule has 4 heteroatoms. The Kier molecular flexibility index (Phi) is 2.96. The van der Waals surface area contributed by atoms with Crippen LogP contribution in [0.15, 0.2) is 24.5 Å². The highest BCUT2D eigenvalue weighted by Crippen LogP contribution is 2.17. The molecule has 3 N–H and O–H groups in total. The standard InChI is InChI=1S/C13H18N4/c1-2-12-13(17-9-16-12)7-11(1)15-8-10-3-5-14-6-4-10/h1-2,7,9-10,14-15H,3-6,8H2,(H,16,17). The first-order valence-electron chi connectivity index (χ1n) is 6.29. The van der Waals surface area contributed by atoms with E-state index >= 15 is 0 Å². The van der Waals surface area contributed by atoms with Gasteiger partial charge in [-0.1, -0.05) is 0 Å². The van der Waals surface area contributed by atoms with Crippen molar-refractivity contribution >= 4 is 16.7 Å². The van der Waals surface area contributed by atoms with E-state index in [0.717, 1.165) is 36.6 Å². The molecule has 0 radical (unpaired) electrons. The zero-order valence-corrected chi connectivity index (χ0v) is 9.87. The van der Waals surface area contributed by atoms with Gasteiger partial charge in [-0.05, 0) is 50.0 Å². The van der Waals surface area contributed by atoms with E-state index in [2.05, 4.69) is 38.8 Å². The number of imidazole rings is 1. The van der Waals surface area contributed by atoms with Crippen LogP contribution in [0.3, 0.4) is 0 Å². The SMILES string of the molecule is c1nc2ccc(NCC3CCNCC3)cc2[nH]1. The van der Waals surface area contributed by atoms with Crippen LogP contribution in [0.1, 0.15) is 12.8 Å². The summed E-state index contributed by atoms with van der Waals surface area (Å²) in [7, 11) is 0. The Morgan fingerprint density at radius 1 is 1.29 bits per heavy atom. The zero-order chi connectivity index (χ0) is 11.5. The van der Waals surface area contributed by atoms with Gasteiger partial charge in [-0.25, -0.2) is 4.98 Å². The maximum atomic E-state index is 4.22. The van der Waals surface area contributed by atoms with Crippen molar-refractivity contribution in [3.8, 4) is 0 Å². The van der Waals surface area contributed by atoms with Crippen LogP contribution in [0.2, 0.25) is 0 Å². The molecule has 0 saturated carbocycles. The topological polar surface area (TPSA) is 52.7 Å². The smallest absolute Gasteiger partial charge is 0.0931 e. The summed E-state index contributed by atoms with van der Waals surface area (Å²) < 4.78 is 0. The van der Waals surface area contributed by atoms with Crippen molar-refractivity contribution in [2.45, 2.75) is 12.8 Å². The Labute approximate surface area is 101 Å². The van der Waals surface area contributed by atoms with Crippen molar-refractivity contribution in [3.63, 3.8) is 0 Å². The third kappa shape index (κ3) is 2.42. The van der Waals surface area contributed by atoms with Gasteiger partial charge >= 0.3 is 0 Å². The first kappa shape index (κ1) is 10.6. The van der Waals surface area contributed by atoms with Crippen LogP contribution in [0.25, 0.3) is 11.0 Å². The van der Waals surface area contributed by atoms with Gasteiger partial charge in [0.1, 0.15) is 0 Å². The molecule has 1 aliphatic heterocycles. The Hall–Kier alpha value is -1.55. The Bertz CT molecular complexity index is 485. The highest BCUT2D eigenvalue weighted by Gasteiger charge is 2.12. The second-order valence-electron chi connectivity index (χ2n) is 4.71. The maximum absolute atomic E-state index is 4.22. The number of hydrogen-bond donors (Lipinski definition) is 3. The molecule has 0 amide bonds. The van der Waals surface area contributed by atoms with E-state index < -0.39 is 0 Å². The number of H-pyrrole nitrogens is 1. The number of benzene rings is 1. The third-order valence-electron chi connectivity index (χ3n) is 3.47. The molecule has 17 heavy (non-hydrogen) atoms. The minimum absolute atomic E-state index is 0.800. The van der Waals surface area contributed by atoms with Gasteiger partial charge in [0.05, 0.1) is 17.4 Å². The summed E-state index contributed by atoms with van der Waals surface area (Å²) in [5.74, 6) is 0.800. The van der Waals surface area contributed by atoms with Crippen LogP contribution in [-0.4, -0.2) is 29.6 Å². The van der Waals surface area contributed by atoms with Gasteiger partial charge < -0.3 is 15.6 Å². The first-order chi connectivity index (χ1) is 8.42. The van der Waals surface area contributed by atoms with Crippen LogP contribution in [0.5, 0.6) is 0 Å². The fraction of sp³-hybridized carbons (Fsp3) is 0.462. The number of nitrogens with zero attached hydrogens (tertiary/aromatic N) is 1. The number of aromatic nitrogens is 2. The monoisotopic (exact) mass is 230 g/mol. The summed E-state index contributed by atoms with van der Waals surface area (Å²) in [4.78, 5) is 7.35. The van der Waals surface area contributed by atoms with Gasteiger partial charge in [0.15, 0.2) is 0 Å². The molecule has 0 atom stereocenters. The molecule has 1 saturated heterocycles. The summed E-state index contributed by atoms with van der Waals surface area (Å²) in [6.07, 6.45) is 4.29. The van der Waals surface area contributed by atoms with Crippen molar-refractivity contribution in [1.29, 1.82) is 0 Å². The average Bonchev–Trinajstić information content (AvgIpc) is 2.85.